The number of anilines is 3. The van der Waals surface area contributed by atoms with Crippen molar-refractivity contribution in [1.29, 1.82) is 0 Å². The predicted octanol–water partition coefficient (Wildman–Crippen LogP) is 2.40. The average Bonchev–Trinajstić information content (AvgIpc) is 3.31. The van der Waals surface area contributed by atoms with Crippen LogP contribution >= 0.6 is 0 Å². The Morgan fingerprint density at radius 2 is 1.97 bits per heavy atom. The molecule has 5 rings (SSSR count). The lowest BCUT2D eigenvalue weighted by atomic mass is 10.1. The second-order valence-corrected chi connectivity index (χ2v) is 9.76. The third-order valence-corrected chi connectivity index (χ3v) is 7.28. The summed E-state index contributed by atoms with van der Waals surface area (Å²) < 4.78 is 5.44. The van der Waals surface area contributed by atoms with E-state index in [1.165, 1.54) is 0 Å². The predicted molar refractivity (Wildman–Crippen MR) is 148 cm³/mol. The molecule has 0 bridgehead atoms. The van der Waals surface area contributed by atoms with Crippen molar-refractivity contribution >= 4 is 17.3 Å². The molecule has 0 radical (unpaired) electrons. The fraction of sp³-hybridized carbons (Fsp3) is 0.429. The molecule has 1 aromatic carbocycles. The Labute approximate surface area is 223 Å². The molecule has 0 aliphatic carbocycles. The van der Waals surface area contributed by atoms with Crippen LogP contribution in [-0.4, -0.2) is 88.7 Å². The van der Waals surface area contributed by atoms with Crippen LogP contribution in [0.1, 0.15) is 25.6 Å². The number of likely N-dealkylation sites (tertiary alicyclic amines) is 1. The summed E-state index contributed by atoms with van der Waals surface area (Å²) in [5.74, 6) is 8.31. The van der Waals surface area contributed by atoms with Crippen LogP contribution in [0.4, 0.5) is 17.3 Å². The normalized spacial score (nSPS) is 20.2. The summed E-state index contributed by atoms with van der Waals surface area (Å²) in [6.45, 7) is 7.11. The molecule has 2 saturated heterocycles. The first-order chi connectivity index (χ1) is 18.5. The molecule has 38 heavy (non-hydrogen) atoms. The number of aromatic nitrogens is 4. The highest BCUT2D eigenvalue weighted by atomic mass is 16.5. The Balaban J connectivity index is 1.28. The molecule has 0 amide bonds. The van der Waals surface area contributed by atoms with E-state index >= 15 is 0 Å². The molecule has 0 saturated carbocycles. The molecule has 4 heterocycles. The van der Waals surface area contributed by atoms with Gasteiger partial charge >= 0.3 is 0 Å². The van der Waals surface area contributed by atoms with Crippen LogP contribution in [0, 0.1) is 11.8 Å². The molecule has 10 heteroatoms. The molecule has 10 nitrogen and oxygen atoms in total. The largest absolute Gasteiger partial charge is 0.507 e. The molecule has 2 atom stereocenters. The smallest absolute Gasteiger partial charge is 0.206 e. The number of nitrogens with zero attached hydrogens (tertiary/aromatic N) is 7. The van der Waals surface area contributed by atoms with Gasteiger partial charge in [-0.1, -0.05) is 18.1 Å². The molecule has 2 fully saturated rings. The number of phenolic OH excluding ortho intramolecular Hbond substituents is 1. The number of methoxy groups -OCH3 is 1. The van der Waals surface area contributed by atoms with E-state index in [0.717, 1.165) is 57.1 Å². The number of phenols is 1. The number of nitrogen functional groups attached to an aromatic ring is 1. The van der Waals surface area contributed by atoms with Gasteiger partial charge in [0.25, 0.3) is 0 Å². The minimum atomic E-state index is 0.162. The third-order valence-electron chi connectivity index (χ3n) is 7.28. The van der Waals surface area contributed by atoms with Crippen molar-refractivity contribution in [2.45, 2.75) is 31.9 Å². The Morgan fingerprint density at radius 3 is 2.79 bits per heavy atom. The van der Waals surface area contributed by atoms with Crippen molar-refractivity contribution in [2.24, 2.45) is 0 Å². The SMILES string of the molecule is CO[C@@H]1CCN(CC#Cc2nccc(N3CCN(c4cc(-c5ccccc5O)nnc4N)CC[C@@H]3C)n2)C1. The molecular weight excluding hydrogens is 480 g/mol. The van der Waals surface area contributed by atoms with E-state index in [2.05, 4.69) is 48.6 Å². The van der Waals surface area contributed by atoms with Crippen LogP contribution in [-0.2, 0) is 4.74 Å². The van der Waals surface area contributed by atoms with Gasteiger partial charge in [-0.05, 0) is 50.0 Å². The third kappa shape index (κ3) is 5.79. The van der Waals surface area contributed by atoms with Crippen LogP contribution < -0.4 is 15.5 Å². The zero-order valence-electron chi connectivity index (χ0n) is 21.9. The molecule has 3 N–H and O–H groups in total. The molecule has 0 spiro atoms. The van der Waals surface area contributed by atoms with Gasteiger partial charge in [0.1, 0.15) is 11.6 Å². The molecule has 3 aromatic rings. The first-order valence-electron chi connectivity index (χ1n) is 13.0. The van der Waals surface area contributed by atoms with Crippen molar-refractivity contribution in [3.8, 4) is 28.8 Å². The van der Waals surface area contributed by atoms with E-state index in [1.807, 2.05) is 24.3 Å². The van der Waals surface area contributed by atoms with Crippen LogP contribution in [0.3, 0.4) is 0 Å². The van der Waals surface area contributed by atoms with Crippen LogP contribution in [0.2, 0.25) is 0 Å². The minimum absolute atomic E-state index is 0.162. The topological polar surface area (TPSA) is 117 Å². The molecule has 0 unspecified atom stereocenters. The highest BCUT2D eigenvalue weighted by Gasteiger charge is 2.25. The Kier molecular flexibility index (Phi) is 7.86. The van der Waals surface area contributed by atoms with Gasteiger partial charge in [0.15, 0.2) is 5.82 Å². The van der Waals surface area contributed by atoms with Gasteiger partial charge in [-0.25, -0.2) is 9.97 Å². The summed E-state index contributed by atoms with van der Waals surface area (Å²) in [6.07, 6.45) is 4.04. The molecule has 2 aliphatic heterocycles. The number of nitrogens with two attached hydrogens (primary N) is 1. The van der Waals surface area contributed by atoms with E-state index in [9.17, 15) is 5.11 Å². The van der Waals surface area contributed by atoms with Gasteiger partial charge in [-0.2, -0.15) is 0 Å². The second kappa shape index (κ2) is 11.6. The van der Waals surface area contributed by atoms with Gasteiger partial charge in [-0.3, -0.25) is 4.90 Å². The van der Waals surface area contributed by atoms with Crippen molar-refractivity contribution in [1.82, 2.24) is 25.1 Å². The highest BCUT2D eigenvalue weighted by Crippen LogP contribution is 2.32. The number of ether oxygens (including phenoxy) is 1. The summed E-state index contributed by atoms with van der Waals surface area (Å²) in [4.78, 5) is 16.0. The Bertz CT molecular complexity index is 1320. The summed E-state index contributed by atoms with van der Waals surface area (Å²) in [5.41, 5.74) is 8.29. The Morgan fingerprint density at radius 1 is 1.11 bits per heavy atom. The minimum Gasteiger partial charge on any atom is -0.507 e. The van der Waals surface area contributed by atoms with Gasteiger partial charge in [0.2, 0.25) is 5.82 Å². The van der Waals surface area contributed by atoms with Gasteiger partial charge in [0, 0.05) is 57.6 Å². The lowest BCUT2D eigenvalue weighted by Crippen LogP contribution is -2.35. The molecule has 198 valence electrons. The summed E-state index contributed by atoms with van der Waals surface area (Å²) in [5, 5.41) is 18.7. The number of rotatable bonds is 5. The zero-order valence-corrected chi connectivity index (χ0v) is 21.9. The first-order valence-corrected chi connectivity index (χ1v) is 13.0. The average molecular weight is 515 g/mol. The standard InChI is InChI=1S/C28H34N8O2/c1-20-10-15-35(24-18-23(32-33-28(24)29)22-6-3-4-7-25(22)37)16-17-36(20)27-9-12-30-26(31-27)8-5-13-34-14-11-21(19-34)38-2/h3-4,6-7,9,12,18,20-21,37H,10-11,13-17,19H2,1-2H3,(H2,29,33)/t20-,21+/m0/s1. The van der Waals surface area contributed by atoms with Crippen molar-refractivity contribution in [3.05, 3.63) is 48.4 Å². The van der Waals surface area contributed by atoms with E-state index in [4.69, 9.17) is 15.5 Å². The highest BCUT2D eigenvalue weighted by molar-refractivity contribution is 5.74. The maximum absolute atomic E-state index is 10.3. The van der Waals surface area contributed by atoms with Gasteiger partial charge < -0.3 is 25.4 Å². The molecule has 2 aromatic heterocycles. The summed E-state index contributed by atoms with van der Waals surface area (Å²) >= 11 is 0. The van der Waals surface area contributed by atoms with Crippen LogP contribution in [0.5, 0.6) is 5.75 Å². The fourth-order valence-electron chi connectivity index (χ4n) is 5.04. The first kappa shape index (κ1) is 25.7. The van der Waals surface area contributed by atoms with E-state index in [-0.39, 0.29) is 11.8 Å². The maximum atomic E-state index is 10.3. The van der Waals surface area contributed by atoms with E-state index < -0.39 is 0 Å². The quantitative estimate of drug-likeness (QED) is 0.492. The van der Waals surface area contributed by atoms with Crippen molar-refractivity contribution < 1.29 is 9.84 Å². The number of hydrogen-bond donors (Lipinski definition) is 2. The van der Waals surface area contributed by atoms with Crippen molar-refractivity contribution in [2.75, 3.05) is 61.9 Å². The number of para-hydroxylation sites is 1. The number of benzene rings is 1. The van der Waals surface area contributed by atoms with E-state index in [0.29, 0.717) is 35.5 Å². The second-order valence-electron chi connectivity index (χ2n) is 9.76. The van der Waals surface area contributed by atoms with E-state index in [1.54, 1.807) is 25.4 Å². The van der Waals surface area contributed by atoms with Gasteiger partial charge in [-0.15, -0.1) is 10.2 Å². The fourth-order valence-corrected chi connectivity index (χ4v) is 5.04. The number of aromatic hydroxyl groups is 1. The maximum Gasteiger partial charge on any atom is 0.206 e. The van der Waals surface area contributed by atoms with Crippen LogP contribution in [0.15, 0.2) is 42.6 Å². The van der Waals surface area contributed by atoms with Gasteiger partial charge in [0.05, 0.1) is 24.0 Å². The lowest BCUT2D eigenvalue weighted by Gasteiger charge is -2.28. The van der Waals surface area contributed by atoms with Crippen LogP contribution in [0.25, 0.3) is 11.3 Å². The molecule has 2 aliphatic rings. The zero-order chi connectivity index (χ0) is 26.5. The van der Waals surface area contributed by atoms with Crippen molar-refractivity contribution in [3.63, 3.8) is 0 Å². The molecular formula is C28H34N8O2. The lowest BCUT2D eigenvalue weighted by molar-refractivity contribution is 0.110. The number of hydrogen-bond acceptors (Lipinski definition) is 10. The summed E-state index contributed by atoms with van der Waals surface area (Å²) in [7, 11) is 1.76. The Hall–Kier alpha value is -3.94. The monoisotopic (exact) mass is 514 g/mol. The summed E-state index contributed by atoms with van der Waals surface area (Å²) in [6, 6.07) is 11.2.